The molecule has 2 fully saturated rings. The molecule has 2 N–H and O–H groups in total. The van der Waals surface area contributed by atoms with Crippen LogP contribution in [0.1, 0.15) is 37.8 Å². The van der Waals surface area contributed by atoms with E-state index in [2.05, 4.69) is 15.5 Å². The number of nitrogens with zero attached hydrogens (tertiary/aromatic N) is 1. The van der Waals surface area contributed by atoms with Gasteiger partial charge in [-0.2, -0.15) is 0 Å². The molecular formula is C20H29N3O5S. The Morgan fingerprint density at radius 3 is 2.41 bits per heavy atom. The summed E-state index contributed by atoms with van der Waals surface area (Å²) < 4.78 is 29.5. The van der Waals surface area contributed by atoms with E-state index in [1.807, 2.05) is 0 Å². The molecule has 29 heavy (non-hydrogen) atoms. The first-order valence-electron chi connectivity index (χ1n) is 9.92. The molecule has 0 saturated carbocycles. The van der Waals surface area contributed by atoms with Crippen molar-refractivity contribution in [3.63, 3.8) is 0 Å². The standard InChI is InChI=1S/C20H29N3O5S/c1-14(24)21-17(15-5-7-16(28-2)8-6-15)11-20(25)22-18-12-29(26,27)13-19(18)23-9-3-4-10-23/h5-8,17-19H,3-4,9-13H2,1-2H3,(H,21,24)(H,22,25). The van der Waals surface area contributed by atoms with Gasteiger partial charge in [0.05, 0.1) is 37.1 Å². The second kappa shape index (κ2) is 9.13. The maximum Gasteiger partial charge on any atom is 0.222 e. The minimum Gasteiger partial charge on any atom is -0.497 e. The van der Waals surface area contributed by atoms with E-state index in [0.29, 0.717) is 5.75 Å². The highest BCUT2D eigenvalue weighted by molar-refractivity contribution is 7.91. The van der Waals surface area contributed by atoms with Crippen LogP contribution in [0.15, 0.2) is 24.3 Å². The molecule has 8 nitrogen and oxygen atoms in total. The molecule has 2 amide bonds. The number of carbonyl (C=O) groups is 2. The Hall–Kier alpha value is -2.13. The number of likely N-dealkylation sites (tertiary alicyclic amines) is 1. The number of benzene rings is 1. The minimum atomic E-state index is -3.18. The van der Waals surface area contributed by atoms with Crippen LogP contribution in [0.4, 0.5) is 0 Å². The lowest BCUT2D eigenvalue weighted by atomic mass is 10.0. The van der Waals surface area contributed by atoms with E-state index in [0.717, 1.165) is 31.5 Å². The summed E-state index contributed by atoms with van der Waals surface area (Å²) in [4.78, 5) is 26.6. The number of rotatable bonds is 7. The molecule has 0 radical (unpaired) electrons. The fourth-order valence-electron chi connectivity index (χ4n) is 4.18. The van der Waals surface area contributed by atoms with Gasteiger partial charge in [0.25, 0.3) is 0 Å². The van der Waals surface area contributed by atoms with Gasteiger partial charge in [0.2, 0.25) is 11.8 Å². The van der Waals surface area contributed by atoms with Crippen LogP contribution in [0.5, 0.6) is 5.75 Å². The van der Waals surface area contributed by atoms with Crippen molar-refractivity contribution in [1.82, 2.24) is 15.5 Å². The Kier molecular flexibility index (Phi) is 6.79. The molecule has 1 aromatic rings. The summed E-state index contributed by atoms with van der Waals surface area (Å²) in [6, 6.07) is 6.07. The van der Waals surface area contributed by atoms with E-state index in [4.69, 9.17) is 4.74 Å². The van der Waals surface area contributed by atoms with Gasteiger partial charge in [-0.05, 0) is 43.6 Å². The van der Waals surface area contributed by atoms with Crippen molar-refractivity contribution in [2.24, 2.45) is 0 Å². The molecule has 2 aliphatic rings. The van der Waals surface area contributed by atoms with Gasteiger partial charge in [0.15, 0.2) is 9.84 Å². The van der Waals surface area contributed by atoms with Crippen molar-refractivity contribution >= 4 is 21.7 Å². The molecule has 3 atom stereocenters. The van der Waals surface area contributed by atoms with Gasteiger partial charge in [-0.1, -0.05) is 12.1 Å². The highest BCUT2D eigenvalue weighted by Gasteiger charge is 2.42. The van der Waals surface area contributed by atoms with Crippen molar-refractivity contribution in [2.45, 2.75) is 44.3 Å². The smallest absolute Gasteiger partial charge is 0.222 e. The molecule has 9 heteroatoms. The number of nitrogens with one attached hydrogen (secondary N) is 2. The Labute approximate surface area is 171 Å². The van der Waals surface area contributed by atoms with Crippen LogP contribution in [0.25, 0.3) is 0 Å². The van der Waals surface area contributed by atoms with E-state index in [9.17, 15) is 18.0 Å². The first kappa shape index (κ1) is 21.6. The second-order valence-electron chi connectivity index (χ2n) is 7.79. The Morgan fingerprint density at radius 2 is 1.83 bits per heavy atom. The number of amides is 2. The van der Waals surface area contributed by atoms with Gasteiger partial charge in [-0.3, -0.25) is 14.5 Å². The normalized spacial score (nSPS) is 24.8. The number of methoxy groups -OCH3 is 1. The quantitative estimate of drug-likeness (QED) is 0.667. The van der Waals surface area contributed by atoms with E-state index in [-0.39, 0.29) is 35.8 Å². The summed E-state index contributed by atoms with van der Waals surface area (Å²) >= 11 is 0. The summed E-state index contributed by atoms with van der Waals surface area (Å²) in [5, 5.41) is 5.72. The number of hydrogen-bond donors (Lipinski definition) is 2. The summed E-state index contributed by atoms with van der Waals surface area (Å²) in [5.41, 5.74) is 0.784. The molecule has 0 aromatic heterocycles. The summed E-state index contributed by atoms with van der Waals surface area (Å²) in [7, 11) is -1.61. The fourth-order valence-corrected chi connectivity index (χ4v) is 6.14. The maximum absolute atomic E-state index is 12.8. The van der Waals surface area contributed by atoms with E-state index >= 15 is 0 Å². The highest BCUT2D eigenvalue weighted by Crippen LogP contribution is 2.24. The molecule has 1 aromatic carbocycles. The maximum atomic E-state index is 12.8. The zero-order chi connectivity index (χ0) is 21.0. The van der Waals surface area contributed by atoms with Crippen LogP contribution in [-0.4, -0.2) is 68.9 Å². The van der Waals surface area contributed by atoms with Crippen LogP contribution in [0.2, 0.25) is 0 Å². The SMILES string of the molecule is COc1ccc(C(CC(=O)NC2CS(=O)(=O)CC2N2CCCC2)NC(C)=O)cc1. The number of carbonyl (C=O) groups excluding carboxylic acids is 2. The lowest BCUT2D eigenvalue weighted by molar-refractivity contribution is -0.123. The molecule has 0 aliphatic carbocycles. The van der Waals surface area contributed by atoms with Gasteiger partial charge < -0.3 is 15.4 Å². The Balaban J connectivity index is 1.68. The largest absolute Gasteiger partial charge is 0.497 e. The average molecular weight is 424 g/mol. The van der Waals surface area contributed by atoms with Gasteiger partial charge in [-0.25, -0.2) is 8.42 Å². The van der Waals surface area contributed by atoms with E-state index < -0.39 is 21.9 Å². The molecule has 0 spiro atoms. The van der Waals surface area contributed by atoms with Crippen molar-refractivity contribution in [2.75, 3.05) is 31.7 Å². The first-order valence-corrected chi connectivity index (χ1v) is 11.7. The third kappa shape index (κ3) is 5.70. The van der Waals surface area contributed by atoms with Gasteiger partial charge >= 0.3 is 0 Å². The van der Waals surface area contributed by atoms with Gasteiger partial charge in [0, 0.05) is 13.0 Å². The highest BCUT2D eigenvalue weighted by atomic mass is 32.2. The van der Waals surface area contributed by atoms with Crippen LogP contribution >= 0.6 is 0 Å². The third-order valence-corrected chi connectivity index (χ3v) is 7.28. The monoisotopic (exact) mass is 423 g/mol. The summed E-state index contributed by atoms with van der Waals surface area (Å²) in [6.45, 7) is 3.14. The molecule has 3 unspecified atom stereocenters. The van der Waals surface area contributed by atoms with Crippen LogP contribution in [-0.2, 0) is 19.4 Å². The summed E-state index contributed by atoms with van der Waals surface area (Å²) in [5.74, 6) is 0.228. The molecule has 3 rings (SSSR count). The second-order valence-corrected chi connectivity index (χ2v) is 9.95. The lowest BCUT2D eigenvalue weighted by Crippen LogP contribution is -2.50. The topological polar surface area (TPSA) is 105 Å². The van der Waals surface area contributed by atoms with E-state index in [1.165, 1.54) is 6.92 Å². The minimum absolute atomic E-state index is 0.0345. The van der Waals surface area contributed by atoms with Crippen molar-refractivity contribution in [1.29, 1.82) is 0 Å². The zero-order valence-corrected chi connectivity index (χ0v) is 17.7. The number of hydrogen-bond acceptors (Lipinski definition) is 6. The molecule has 2 aliphatic heterocycles. The predicted molar refractivity (Wildman–Crippen MR) is 109 cm³/mol. The van der Waals surface area contributed by atoms with Crippen LogP contribution in [0.3, 0.4) is 0 Å². The van der Waals surface area contributed by atoms with Crippen LogP contribution in [0, 0.1) is 0 Å². The average Bonchev–Trinajstić information content (AvgIpc) is 3.28. The zero-order valence-electron chi connectivity index (χ0n) is 16.9. The Bertz CT molecular complexity index is 834. The number of ether oxygens (including phenoxy) is 1. The summed E-state index contributed by atoms with van der Waals surface area (Å²) in [6.07, 6.45) is 2.15. The molecular weight excluding hydrogens is 394 g/mol. The van der Waals surface area contributed by atoms with Gasteiger partial charge in [0.1, 0.15) is 5.75 Å². The van der Waals surface area contributed by atoms with E-state index in [1.54, 1.807) is 31.4 Å². The third-order valence-electron chi connectivity index (χ3n) is 5.56. The van der Waals surface area contributed by atoms with Crippen molar-refractivity contribution < 1.29 is 22.7 Å². The van der Waals surface area contributed by atoms with Crippen molar-refractivity contribution in [3.05, 3.63) is 29.8 Å². The van der Waals surface area contributed by atoms with Crippen LogP contribution < -0.4 is 15.4 Å². The van der Waals surface area contributed by atoms with Gasteiger partial charge in [-0.15, -0.1) is 0 Å². The molecule has 2 saturated heterocycles. The lowest BCUT2D eigenvalue weighted by Gasteiger charge is -2.29. The molecule has 2 heterocycles. The fraction of sp³-hybridized carbons (Fsp3) is 0.600. The Morgan fingerprint density at radius 1 is 1.17 bits per heavy atom. The predicted octanol–water partition coefficient (Wildman–Crippen LogP) is 0.640. The number of sulfone groups is 1. The molecule has 0 bridgehead atoms. The van der Waals surface area contributed by atoms with Crippen molar-refractivity contribution in [3.8, 4) is 5.75 Å². The first-order chi connectivity index (χ1) is 13.8. The molecule has 160 valence electrons.